The number of hydrogen-bond acceptors (Lipinski definition) is 2. The van der Waals surface area contributed by atoms with E-state index in [0.29, 0.717) is 0 Å². The maximum absolute atomic E-state index is 12.7. The van der Waals surface area contributed by atoms with Gasteiger partial charge in [0, 0.05) is 4.47 Å². The summed E-state index contributed by atoms with van der Waals surface area (Å²) >= 11 is 3.41. The van der Waals surface area contributed by atoms with E-state index in [4.69, 9.17) is 0 Å². The van der Waals surface area contributed by atoms with Crippen molar-refractivity contribution < 1.29 is 9.59 Å². The number of benzene rings is 2. The molecule has 4 nitrogen and oxygen atoms in total. The molecule has 0 spiro atoms. The molecule has 2 atom stereocenters. The quantitative estimate of drug-likeness (QED) is 0.715. The second kappa shape index (κ2) is 9.53. The van der Waals surface area contributed by atoms with Crippen LogP contribution in [0.5, 0.6) is 0 Å². The number of rotatable bonds is 7. The lowest BCUT2D eigenvalue weighted by molar-refractivity contribution is -0.130. The van der Waals surface area contributed by atoms with Crippen molar-refractivity contribution in [1.29, 1.82) is 0 Å². The maximum Gasteiger partial charge on any atom is 0.243 e. The first-order valence-corrected chi connectivity index (χ1v) is 9.55. The molecule has 0 aliphatic rings. The Labute approximate surface area is 163 Å². The summed E-state index contributed by atoms with van der Waals surface area (Å²) < 4.78 is 0.994. The van der Waals surface area contributed by atoms with Crippen LogP contribution in [0, 0.1) is 5.92 Å². The minimum Gasteiger partial charge on any atom is -0.348 e. The molecule has 0 fully saturated rings. The minimum absolute atomic E-state index is 0.00755. The third-order valence-corrected chi connectivity index (χ3v) is 4.73. The van der Waals surface area contributed by atoms with Gasteiger partial charge in [-0.15, -0.1) is 0 Å². The van der Waals surface area contributed by atoms with E-state index in [2.05, 4.69) is 26.6 Å². The number of halogens is 1. The molecule has 0 radical (unpaired) electrons. The highest BCUT2D eigenvalue weighted by molar-refractivity contribution is 9.10. The molecule has 0 aromatic heterocycles. The van der Waals surface area contributed by atoms with Crippen LogP contribution in [0.25, 0.3) is 0 Å². The Kier molecular flexibility index (Phi) is 7.39. The maximum atomic E-state index is 12.7. The van der Waals surface area contributed by atoms with Crippen LogP contribution in [-0.2, 0) is 16.0 Å². The van der Waals surface area contributed by atoms with E-state index in [1.54, 1.807) is 0 Å². The molecule has 0 bridgehead atoms. The molecule has 0 aliphatic heterocycles. The van der Waals surface area contributed by atoms with Gasteiger partial charge in [0.1, 0.15) is 6.04 Å². The molecule has 26 heavy (non-hydrogen) atoms. The fourth-order valence-electron chi connectivity index (χ4n) is 2.68. The fraction of sp³-hybridized carbons (Fsp3) is 0.333. The Morgan fingerprint density at radius 1 is 0.923 bits per heavy atom. The van der Waals surface area contributed by atoms with Crippen molar-refractivity contribution in [3.8, 4) is 0 Å². The van der Waals surface area contributed by atoms with Crippen molar-refractivity contribution in [1.82, 2.24) is 10.6 Å². The molecule has 0 saturated heterocycles. The normalized spacial score (nSPS) is 13.1. The van der Waals surface area contributed by atoms with Gasteiger partial charge in [-0.1, -0.05) is 72.2 Å². The first kappa shape index (κ1) is 20.2. The van der Waals surface area contributed by atoms with Crippen LogP contribution >= 0.6 is 15.9 Å². The topological polar surface area (TPSA) is 58.2 Å². The molecule has 2 unspecified atom stereocenters. The smallest absolute Gasteiger partial charge is 0.243 e. The van der Waals surface area contributed by atoms with Crippen LogP contribution in [0.15, 0.2) is 59.1 Å². The summed E-state index contributed by atoms with van der Waals surface area (Å²) in [4.78, 5) is 25.0. The lowest BCUT2D eigenvalue weighted by Gasteiger charge is -2.24. The van der Waals surface area contributed by atoms with E-state index in [-0.39, 0.29) is 30.2 Å². The molecule has 2 rings (SSSR count). The summed E-state index contributed by atoms with van der Waals surface area (Å²) in [6.07, 6.45) is 0.263. The first-order valence-electron chi connectivity index (χ1n) is 8.76. The van der Waals surface area contributed by atoms with E-state index in [9.17, 15) is 9.59 Å². The molecule has 0 saturated carbocycles. The van der Waals surface area contributed by atoms with Crippen LogP contribution in [0.1, 0.15) is 37.9 Å². The Morgan fingerprint density at radius 2 is 1.54 bits per heavy atom. The number of nitrogens with one attached hydrogen (secondary N) is 2. The number of carbonyl (C=O) groups is 2. The van der Waals surface area contributed by atoms with E-state index >= 15 is 0 Å². The molecule has 138 valence electrons. The molecule has 5 heteroatoms. The van der Waals surface area contributed by atoms with Gasteiger partial charge in [0.2, 0.25) is 11.8 Å². The zero-order valence-electron chi connectivity index (χ0n) is 15.3. The van der Waals surface area contributed by atoms with Gasteiger partial charge in [-0.2, -0.15) is 0 Å². The summed E-state index contributed by atoms with van der Waals surface area (Å²) in [5.74, 6) is -0.329. The number of hydrogen-bond donors (Lipinski definition) is 2. The Morgan fingerprint density at radius 3 is 2.12 bits per heavy atom. The minimum atomic E-state index is -0.566. The summed E-state index contributed by atoms with van der Waals surface area (Å²) in [5.41, 5.74) is 1.94. The van der Waals surface area contributed by atoms with Crippen molar-refractivity contribution in [3.05, 3.63) is 70.2 Å². The number of amides is 2. The van der Waals surface area contributed by atoms with E-state index in [1.807, 2.05) is 75.4 Å². The summed E-state index contributed by atoms with van der Waals surface area (Å²) in [6.45, 7) is 5.79. The second-order valence-electron chi connectivity index (χ2n) is 6.73. The van der Waals surface area contributed by atoms with Crippen molar-refractivity contribution in [2.24, 2.45) is 5.92 Å². The van der Waals surface area contributed by atoms with Crippen molar-refractivity contribution in [2.75, 3.05) is 0 Å². The highest BCUT2D eigenvalue weighted by Gasteiger charge is 2.25. The fourth-order valence-corrected chi connectivity index (χ4v) is 2.94. The van der Waals surface area contributed by atoms with Gasteiger partial charge in [-0.05, 0) is 36.1 Å². The van der Waals surface area contributed by atoms with Gasteiger partial charge in [0.15, 0.2) is 0 Å². The molecular weight excluding hydrogens is 392 g/mol. The Bertz CT molecular complexity index is 729. The second-order valence-corrected chi connectivity index (χ2v) is 7.65. The van der Waals surface area contributed by atoms with E-state index in [0.717, 1.165) is 15.6 Å². The van der Waals surface area contributed by atoms with Crippen LogP contribution in [-0.4, -0.2) is 17.9 Å². The lowest BCUT2D eigenvalue weighted by Crippen LogP contribution is -2.50. The Balaban J connectivity index is 1.98. The molecular formula is C21H25BrN2O2. The van der Waals surface area contributed by atoms with Crippen molar-refractivity contribution >= 4 is 27.7 Å². The molecule has 2 amide bonds. The van der Waals surface area contributed by atoms with Gasteiger partial charge in [-0.3, -0.25) is 9.59 Å². The Hall–Kier alpha value is -2.14. The van der Waals surface area contributed by atoms with E-state index < -0.39 is 6.04 Å². The van der Waals surface area contributed by atoms with Crippen LogP contribution < -0.4 is 10.6 Å². The molecule has 0 heterocycles. The van der Waals surface area contributed by atoms with Gasteiger partial charge in [0.05, 0.1) is 12.5 Å². The van der Waals surface area contributed by atoms with Crippen LogP contribution in [0.2, 0.25) is 0 Å². The van der Waals surface area contributed by atoms with Gasteiger partial charge in [0.25, 0.3) is 0 Å². The SMILES string of the molecule is CC(NC(=O)C(NC(=O)Cc1ccccc1)C(C)C)c1ccc(Br)cc1. The molecule has 2 aromatic carbocycles. The number of carbonyl (C=O) groups excluding carboxylic acids is 2. The summed E-state index contributed by atoms with van der Waals surface area (Å²) in [6, 6.07) is 16.6. The average molecular weight is 417 g/mol. The predicted molar refractivity (Wildman–Crippen MR) is 108 cm³/mol. The van der Waals surface area contributed by atoms with Gasteiger partial charge >= 0.3 is 0 Å². The summed E-state index contributed by atoms with van der Waals surface area (Å²) in [7, 11) is 0. The predicted octanol–water partition coefficient (Wildman–Crippen LogP) is 4.01. The standard InChI is InChI=1S/C21H25BrN2O2/c1-14(2)20(24-19(25)13-16-7-5-4-6-8-16)21(26)23-15(3)17-9-11-18(22)12-10-17/h4-12,14-15,20H,13H2,1-3H3,(H,23,26)(H,24,25). The third kappa shape index (κ3) is 5.99. The zero-order valence-corrected chi connectivity index (χ0v) is 16.9. The van der Waals surface area contributed by atoms with Crippen molar-refractivity contribution in [2.45, 2.75) is 39.3 Å². The monoisotopic (exact) mass is 416 g/mol. The molecule has 2 N–H and O–H groups in total. The van der Waals surface area contributed by atoms with Gasteiger partial charge in [-0.25, -0.2) is 0 Å². The summed E-state index contributed by atoms with van der Waals surface area (Å²) in [5, 5.41) is 5.87. The molecule has 0 aliphatic carbocycles. The third-order valence-electron chi connectivity index (χ3n) is 4.20. The highest BCUT2D eigenvalue weighted by Crippen LogP contribution is 2.17. The van der Waals surface area contributed by atoms with Crippen LogP contribution in [0.3, 0.4) is 0 Å². The lowest BCUT2D eigenvalue weighted by atomic mass is 10.0. The van der Waals surface area contributed by atoms with Crippen molar-refractivity contribution in [3.63, 3.8) is 0 Å². The largest absolute Gasteiger partial charge is 0.348 e. The first-order chi connectivity index (χ1) is 12.4. The highest BCUT2D eigenvalue weighted by atomic mass is 79.9. The van der Waals surface area contributed by atoms with Gasteiger partial charge < -0.3 is 10.6 Å². The molecule has 2 aromatic rings. The van der Waals surface area contributed by atoms with Crippen LogP contribution in [0.4, 0.5) is 0 Å². The zero-order chi connectivity index (χ0) is 19.1. The average Bonchev–Trinajstić information content (AvgIpc) is 2.60. The van der Waals surface area contributed by atoms with E-state index in [1.165, 1.54) is 0 Å².